The molecule has 23 heavy (non-hydrogen) atoms. The number of rotatable bonds is 7. The van der Waals surface area contributed by atoms with Gasteiger partial charge in [0.05, 0.1) is 6.20 Å². The largest absolute Gasteiger partial charge is 0.503 e. The normalized spacial score (nSPS) is 22.4. The second-order valence-corrected chi connectivity index (χ2v) is 6.56. The minimum Gasteiger partial charge on any atom is -0.503 e. The van der Waals surface area contributed by atoms with Crippen molar-refractivity contribution in [3.05, 3.63) is 28.2 Å². The molecule has 2 heterocycles. The Hall–Kier alpha value is -1.33. The van der Waals surface area contributed by atoms with Gasteiger partial charge in [0.25, 0.3) is 0 Å². The van der Waals surface area contributed by atoms with Crippen molar-refractivity contribution in [1.29, 1.82) is 0 Å². The van der Waals surface area contributed by atoms with Gasteiger partial charge in [-0.2, -0.15) is 0 Å². The minimum atomic E-state index is -0.293. The van der Waals surface area contributed by atoms with Crippen LogP contribution in [0.2, 0.25) is 0 Å². The van der Waals surface area contributed by atoms with E-state index in [4.69, 9.17) is 4.74 Å². The molecule has 1 aliphatic rings. The number of nitrogens with zero attached hydrogens (tertiary/aromatic N) is 2. The lowest BCUT2D eigenvalue weighted by Gasteiger charge is -2.39. The molecule has 130 valence electrons. The van der Waals surface area contributed by atoms with Gasteiger partial charge < -0.3 is 14.4 Å². The van der Waals surface area contributed by atoms with Gasteiger partial charge in [-0.25, -0.2) is 0 Å². The molecule has 0 bridgehead atoms. The van der Waals surface area contributed by atoms with Crippen LogP contribution in [-0.2, 0) is 17.8 Å². The highest BCUT2D eigenvalue weighted by molar-refractivity contribution is 5.20. The van der Waals surface area contributed by atoms with E-state index in [0.29, 0.717) is 25.3 Å². The van der Waals surface area contributed by atoms with Crippen LogP contribution < -0.4 is 5.43 Å². The summed E-state index contributed by atoms with van der Waals surface area (Å²) >= 11 is 0. The van der Waals surface area contributed by atoms with Gasteiger partial charge in [0, 0.05) is 50.1 Å². The molecule has 2 atom stereocenters. The van der Waals surface area contributed by atoms with Gasteiger partial charge in [-0.05, 0) is 40.0 Å². The summed E-state index contributed by atoms with van der Waals surface area (Å²) in [6, 6.07) is 2.64. The predicted octanol–water partition coefficient (Wildman–Crippen LogP) is 2.74. The monoisotopic (exact) mass is 322 g/mol. The first kappa shape index (κ1) is 18.0. The van der Waals surface area contributed by atoms with Gasteiger partial charge in [-0.1, -0.05) is 6.42 Å². The molecule has 1 aliphatic heterocycles. The standard InChI is InChI=1S/C18H30N2O3/c1-4-23-10-6-9-19-13-18(22)17(21)11-16(19)12-20-14(2)7-5-8-15(20)3/h11,13-15,22H,4-10,12H2,1-3H3. The molecule has 0 aliphatic carbocycles. The molecule has 0 amide bonds. The van der Waals surface area contributed by atoms with E-state index in [1.165, 1.54) is 19.3 Å². The van der Waals surface area contributed by atoms with Crippen molar-refractivity contribution in [2.45, 2.75) is 71.6 Å². The van der Waals surface area contributed by atoms with Crippen LogP contribution in [0.5, 0.6) is 5.75 Å². The molecular weight excluding hydrogens is 292 g/mol. The lowest BCUT2D eigenvalue weighted by atomic mass is 9.97. The maximum absolute atomic E-state index is 11.9. The van der Waals surface area contributed by atoms with Crippen LogP contribution in [-0.4, -0.2) is 39.9 Å². The van der Waals surface area contributed by atoms with Gasteiger partial charge in [0.2, 0.25) is 5.43 Å². The SMILES string of the molecule is CCOCCCn1cc(O)c(=O)cc1CN1C(C)CCCC1C. The zero-order valence-corrected chi connectivity index (χ0v) is 14.6. The average Bonchev–Trinajstić information content (AvgIpc) is 2.51. The van der Waals surface area contributed by atoms with Gasteiger partial charge in [-0.15, -0.1) is 0 Å². The van der Waals surface area contributed by atoms with Crippen molar-refractivity contribution >= 4 is 0 Å². The van der Waals surface area contributed by atoms with Crippen LogP contribution in [0.4, 0.5) is 0 Å². The van der Waals surface area contributed by atoms with E-state index in [9.17, 15) is 9.90 Å². The molecule has 1 saturated heterocycles. The molecule has 0 aromatic carbocycles. The third-order valence-corrected chi connectivity index (χ3v) is 4.81. The Bertz CT molecular complexity index is 546. The summed E-state index contributed by atoms with van der Waals surface area (Å²) < 4.78 is 7.39. The Kier molecular flexibility index (Phi) is 6.66. The zero-order valence-electron chi connectivity index (χ0n) is 14.6. The first-order valence-corrected chi connectivity index (χ1v) is 8.78. The lowest BCUT2D eigenvalue weighted by Crippen LogP contribution is -2.43. The maximum atomic E-state index is 11.9. The second kappa shape index (κ2) is 8.50. The molecule has 1 fully saturated rings. The molecule has 0 radical (unpaired) electrons. The van der Waals surface area contributed by atoms with Crippen LogP contribution in [0.15, 0.2) is 17.1 Å². The predicted molar refractivity (Wildman–Crippen MR) is 91.8 cm³/mol. The number of likely N-dealkylation sites (tertiary alicyclic amines) is 1. The van der Waals surface area contributed by atoms with E-state index in [2.05, 4.69) is 18.7 Å². The molecule has 2 unspecified atom stereocenters. The Labute approximate surface area is 138 Å². The summed E-state index contributed by atoms with van der Waals surface area (Å²) in [7, 11) is 0. The molecule has 1 N–H and O–H groups in total. The van der Waals surface area contributed by atoms with E-state index in [-0.39, 0.29) is 11.2 Å². The fraction of sp³-hybridized carbons (Fsp3) is 0.722. The number of ether oxygens (including phenoxy) is 1. The van der Waals surface area contributed by atoms with Crippen LogP contribution >= 0.6 is 0 Å². The Morgan fingerprint density at radius 1 is 1.30 bits per heavy atom. The summed E-state index contributed by atoms with van der Waals surface area (Å²) in [5.74, 6) is -0.176. The van der Waals surface area contributed by atoms with Crippen molar-refractivity contribution in [1.82, 2.24) is 9.47 Å². The summed E-state index contributed by atoms with van der Waals surface area (Å²) in [6.45, 7) is 9.41. The number of aryl methyl sites for hydroxylation is 1. The van der Waals surface area contributed by atoms with E-state index >= 15 is 0 Å². The average molecular weight is 322 g/mol. The maximum Gasteiger partial charge on any atom is 0.223 e. The minimum absolute atomic E-state index is 0.176. The highest BCUT2D eigenvalue weighted by Gasteiger charge is 2.25. The molecule has 2 rings (SSSR count). The van der Waals surface area contributed by atoms with Gasteiger partial charge in [-0.3, -0.25) is 9.69 Å². The first-order valence-electron chi connectivity index (χ1n) is 8.78. The molecule has 1 aromatic rings. The van der Waals surface area contributed by atoms with E-state index in [1.807, 2.05) is 11.5 Å². The number of piperidine rings is 1. The Balaban J connectivity index is 2.15. The molecule has 5 nitrogen and oxygen atoms in total. The van der Waals surface area contributed by atoms with Crippen molar-refractivity contribution in [2.24, 2.45) is 0 Å². The number of hydrogen-bond donors (Lipinski definition) is 1. The fourth-order valence-corrected chi connectivity index (χ4v) is 3.40. The molecule has 0 spiro atoms. The van der Waals surface area contributed by atoms with Crippen molar-refractivity contribution in [3.63, 3.8) is 0 Å². The zero-order chi connectivity index (χ0) is 16.8. The fourth-order valence-electron chi connectivity index (χ4n) is 3.40. The third kappa shape index (κ3) is 4.82. The van der Waals surface area contributed by atoms with Crippen LogP contribution in [0.25, 0.3) is 0 Å². The van der Waals surface area contributed by atoms with E-state index in [0.717, 1.165) is 25.2 Å². The summed E-state index contributed by atoms with van der Waals surface area (Å²) in [5.41, 5.74) is 0.684. The molecule has 1 aromatic heterocycles. The number of hydrogen-bond acceptors (Lipinski definition) is 4. The molecule has 5 heteroatoms. The molecular formula is C18H30N2O3. The number of aromatic hydroxyl groups is 1. The summed E-state index contributed by atoms with van der Waals surface area (Å²) in [6.07, 6.45) is 6.13. The van der Waals surface area contributed by atoms with Crippen LogP contribution in [0.3, 0.4) is 0 Å². The first-order chi connectivity index (χ1) is 11.0. The quantitative estimate of drug-likeness (QED) is 0.784. The topological polar surface area (TPSA) is 54.7 Å². The van der Waals surface area contributed by atoms with Gasteiger partial charge in [0.15, 0.2) is 5.75 Å². The highest BCUT2D eigenvalue weighted by atomic mass is 16.5. The Morgan fingerprint density at radius 2 is 2.00 bits per heavy atom. The molecule has 0 saturated carbocycles. The van der Waals surface area contributed by atoms with Crippen LogP contribution in [0, 0.1) is 0 Å². The van der Waals surface area contributed by atoms with Gasteiger partial charge in [0.1, 0.15) is 0 Å². The summed E-state index contributed by atoms with van der Waals surface area (Å²) in [4.78, 5) is 14.3. The highest BCUT2D eigenvalue weighted by Crippen LogP contribution is 2.24. The van der Waals surface area contributed by atoms with Crippen LogP contribution in [0.1, 0.15) is 52.1 Å². The van der Waals surface area contributed by atoms with Gasteiger partial charge >= 0.3 is 0 Å². The smallest absolute Gasteiger partial charge is 0.223 e. The van der Waals surface area contributed by atoms with Crippen molar-refractivity contribution in [2.75, 3.05) is 13.2 Å². The van der Waals surface area contributed by atoms with Crippen molar-refractivity contribution in [3.8, 4) is 5.75 Å². The lowest BCUT2D eigenvalue weighted by molar-refractivity contribution is 0.0915. The number of aromatic nitrogens is 1. The Morgan fingerprint density at radius 3 is 2.65 bits per heavy atom. The second-order valence-electron chi connectivity index (χ2n) is 6.56. The van der Waals surface area contributed by atoms with E-state index < -0.39 is 0 Å². The number of pyridine rings is 1. The van der Waals surface area contributed by atoms with E-state index in [1.54, 1.807) is 12.3 Å². The van der Waals surface area contributed by atoms with Crippen molar-refractivity contribution < 1.29 is 9.84 Å². The third-order valence-electron chi connectivity index (χ3n) is 4.81. The summed E-state index contributed by atoms with van der Waals surface area (Å²) in [5, 5.41) is 9.76.